The van der Waals surface area contributed by atoms with E-state index in [1.807, 2.05) is 20.8 Å². The van der Waals surface area contributed by atoms with Crippen molar-refractivity contribution in [3.05, 3.63) is 0 Å². The van der Waals surface area contributed by atoms with Crippen molar-refractivity contribution < 1.29 is 13.2 Å². The Morgan fingerprint density at radius 3 is 2.41 bits per heavy atom. The largest absolute Gasteiger partial charge is 0.401 e. The van der Waals surface area contributed by atoms with E-state index in [1.165, 1.54) is 0 Å². The predicted molar refractivity (Wildman–Crippen MR) is 63.0 cm³/mol. The van der Waals surface area contributed by atoms with E-state index in [9.17, 15) is 13.2 Å². The third-order valence-electron chi connectivity index (χ3n) is 3.40. The minimum Gasteiger partial charge on any atom is -0.313 e. The maximum atomic E-state index is 12.6. The Kier molecular flexibility index (Phi) is 5.25. The molecule has 1 aliphatic rings. The molecule has 0 bridgehead atoms. The number of rotatable bonds is 5. The maximum Gasteiger partial charge on any atom is 0.401 e. The van der Waals surface area contributed by atoms with Crippen LogP contribution >= 0.6 is 0 Å². The minimum absolute atomic E-state index is 0.0246. The molecule has 0 radical (unpaired) electrons. The summed E-state index contributed by atoms with van der Waals surface area (Å²) in [6.45, 7) is 5.70. The summed E-state index contributed by atoms with van der Waals surface area (Å²) in [6, 6.07) is 0.169. The third kappa shape index (κ3) is 4.47. The highest BCUT2D eigenvalue weighted by atomic mass is 19.4. The van der Waals surface area contributed by atoms with Gasteiger partial charge in [-0.2, -0.15) is 13.2 Å². The molecule has 0 heterocycles. The highest BCUT2D eigenvalue weighted by Gasteiger charge is 2.39. The van der Waals surface area contributed by atoms with Crippen LogP contribution in [-0.2, 0) is 0 Å². The number of nitrogens with zero attached hydrogens (tertiary/aromatic N) is 1. The number of alkyl halides is 3. The fourth-order valence-corrected chi connectivity index (χ4v) is 2.73. The fraction of sp³-hybridized carbons (Fsp3) is 1.00. The Morgan fingerprint density at radius 1 is 1.29 bits per heavy atom. The molecule has 0 amide bonds. The fourth-order valence-electron chi connectivity index (χ4n) is 2.73. The van der Waals surface area contributed by atoms with Crippen LogP contribution in [0.5, 0.6) is 0 Å². The average molecular weight is 252 g/mol. The van der Waals surface area contributed by atoms with E-state index >= 15 is 0 Å². The maximum absolute atomic E-state index is 12.6. The summed E-state index contributed by atoms with van der Waals surface area (Å²) in [7, 11) is 0. The quantitative estimate of drug-likeness (QED) is 0.809. The Bertz CT molecular complexity index is 228. The minimum atomic E-state index is -4.11. The zero-order valence-electron chi connectivity index (χ0n) is 10.8. The van der Waals surface area contributed by atoms with Crippen LogP contribution in [0.4, 0.5) is 13.2 Å². The van der Waals surface area contributed by atoms with Crippen LogP contribution in [0.1, 0.15) is 40.0 Å². The lowest BCUT2D eigenvalue weighted by atomic mass is 10.1. The van der Waals surface area contributed by atoms with Crippen LogP contribution in [-0.4, -0.2) is 42.3 Å². The normalized spacial score (nSPS) is 26.1. The molecule has 0 spiro atoms. The first-order chi connectivity index (χ1) is 7.85. The molecule has 102 valence electrons. The molecule has 1 N–H and O–H groups in total. The molecule has 0 aromatic heterocycles. The standard InChI is InChI=1S/C12H23F3N2/c1-4-16-10-6-5-7-11(10)17(9(2)3)8-12(13,14)15/h9-11,16H,4-8H2,1-3H3. The molecule has 5 heteroatoms. The van der Waals surface area contributed by atoms with Crippen LogP contribution in [0.25, 0.3) is 0 Å². The van der Waals surface area contributed by atoms with Crippen molar-refractivity contribution in [2.75, 3.05) is 13.1 Å². The van der Waals surface area contributed by atoms with E-state index in [1.54, 1.807) is 4.90 Å². The summed E-state index contributed by atoms with van der Waals surface area (Å²) in [5.74, 6) is 0. The molecule has 1 saturated carbocycles. The second-order valence-corrected chi connectivity index (χ2v) is 5.04. The van der Waals surface area contributed by atoms with Crippen LogP contribution in [0.2, 0.25) is 0 Å². The van der Waals surface area contributed by atoms with Crippen molar-refractivity contribution in [3.63, 3.8) is 0 Å². The van der Waals surface area contributed by atoms with Gasteiger partial charge in [0, 0.05) is 18.1 Å². The van der Waals surface area contributed by atoms with Gasteiger partial charge >= 0.3 is 6.18 Å². The lowest BCUT2D eigenvalue weighted by Crippen LogP contribution is -2.52. The van der Waals surface area contributed by atoms with Gasteiger partial charge in [-0.05, 0) is 33.2 Å². The smallest absolute Gasteiger partial charge is 0.313 e. The third-order valence-corrected chi connectivity index (χ3v) is 3.40. The second kappa shape index (κ2) is 6.05. The number of halogens is 3. The van der Waals surface area contributed by atoms with Gasteiger partial charge in [0.05, 0.1) is 6.54 Å². The zero-order valence-corrected chi connectivity index (χ0v) is 10.8. The monoisotopic (exact) mass is 252 g/mol. The summed E-state index contributed by atoms with van der Waals surface area (Å²) in [6.07, 6.45) is -1.24. The summed E-state index contributed by atoms with van der Waals surface area (Å²) in [5.41, 5.74) is 0. The highest BCUT2D eigenvalue weighted by Crippen LogP contribution is 2.29. The molecule has 17 heavy (non-hydrogen) atoms. The van der Waals surface area contributed by atoms with Gasteiger partial charge in [-0.3, -0.25) is 4.90 Å². The highest BCUT2D eigenvalue weighted by molar-refractivity contribution is 4.92. The zero-order chi connectivity index (χ0) is 13.1. The van der Waals surface area contributed by atoms with E-state index < -0.39 is 12.7 Å². The Labute approximate surface area is 102 Å². The van der Waals surface area contributed by atoms with Crippen LogP contribution in [0.15, 0.2) is 0 Å². The molecule has 1 aliphatic carbocycles. The number of hydrogen-bond acceptors (Lipinski definition) is 2. The van der Waals surface area contributed by atoms with Crippen molar-refractivity contribution in [1.82, 2.24) is 10.2 Å². The molecule has 0 aromatic carbocycles. The first kappa shape index (κ1) is 14.8. The van der Waals surface area contributed by atoms with Gasteiger partial charge in [0.1, 0.15) is 0 Å². The first-order valence-electron chi connectivity index (χ1n) is 6.41. The van der Waals surface area contributed by atoms with Crippen LogP contribution < -0.4 is 5.32 Å². The predicted octanol–water partition coefficient (Wildman–Crippen LogP) is 2.79. The van der Waals surface area contributed by atoms with E-state index in [0.717, 1.165) is 25.8 Å². The van der Waals surface area contributed by atoms with Gasteiger partial charge in [-0.15, -0.1) is 0 Å². The molecule has 2 atom stereocenters. The van der Waals surface area contributed by atoms with Crippen molar-refractivity contribution in [2.24, 2.45) is 0 Å². The number of likely N-dealkylation sites (N-methyl/N-ethyl adjacent to an activating group) is 1. The molecule has 0 aromatic rings. The van der Waals surface area contributed by atoms with Crippen LogP contribution in [0.3, 0.4) is 0 Å². The molecule has 1 rings (SSSR count). The lowest BCUT2D eigenvalue weighted by Gasteiger charge is -2.36. The molecule has 2 unspecified atom stereocenters. The summed E-state index contributed by atoms with van der Waals surface area (Å²) in [5, 5.41) is 3.31. The van der Waals surface area contributed by atoms with Gasteiger partial charge < -0.3 is 5.32 Å². The summed E-state index contributed by atoms with van der Waals surface area (Å²) < 4.78 is 37.7. The van der Waals surface area contributed by atoms with Crippen LogP contribution in [0, 0.1) is 0 Å². The molecule has 2 nitrogen and oxygen atoms in total. The molecular weight excluding hydrogens is 229 g/mol. The van der Waals surface area contributed by atoms with E-state index in [-0.39, 0.29) is 18.1 Å². The summed E-state index contributed by atoms with van der Waals surface area (Å²) >= 11 is 0. The SMILES string of the molecule is CCNC1CCCC1N(CC(F)(F)F)C(C)C. The number of nitrogens with one attached hydrogen (secondary N) is 1. The van der Waals surface area contributed by atoms with Gasteiger partial charge in [-0.1, -0.05) is 13.3 Å². The summed E-state index contributed by atoms with van der Waals surface area (Å²) in [4.78, 5) is 1.60. The van der Waals surface area contributed by atoms with E-state index in [0.29, 0.717) is 0 Å². The Balaban J connectivity index is 2.69. The first-order valence-corrected chi connectivity index (χ1v) is 6.41. The average Bonchev–Trinajstić information content (AvgIpc) is 2.61. The van der Waals surface area contributed by atoms with Gasteiger partial charge in [0.2, 0.25) is 0 Å². The van der Waals surface area contributed by atoms with Crippen molar-refractivity contribution >= 4 is 0 Å². The molecule has 0 aliphatic heterocycles. The topological polar surface area (TPSA) is 15.3 Å². The number of hydrogen-bond donors (Lipinski definition) is 1. The molecular formula is C12H23F3N2. The second-order valence-electron chi connectivity index (χ2n) is 5.04. The van der Waals surface area contributed by atoms with Gasteiger partial charge in [-0.25, -0.2) is 0 Å². The van der Waals surface area contributed by atoms with Gasteiger partial charge in [0.15, 0.2) is 0 Å². The van der Waals surface area contributed by atoms with Crippen molar-refractivity contribution in [2.45, 2.75) is 64.3 Å². The van der Waals surface area contributed by atoms with E-state index in [4.69, 9.17) is 0 Å². The lowest BCUT2D eigenvalue weighted by molar-refractivity contribution is -0.155. The Morgan fingerprint density at radius 2 is 1.94 bits per heavy atom. The van der Waals surface area contributed by atoms with Crippen molar-refractivity contribution in [3.8, 4) is 0 Å². The molecule has 1 fully saturated rings. The van der Waals surface area contributed by atoms with Gasteiger partial charge in [0.25, 0.3) is 0 Å². The van der Waals surface area contributed by atoms with E-state index in [2.05, 4.69) is 5.32 Å². The molecule has 0 saturated heterocycles. The van der Waals surface area contributed by atoms with Crippen molar-refractivity contribution in [1.29, 1.82) is 0 Å². The Hall–Kier alpha value is -0.290.